The molecule has 1 aromatic heterocycles. The monoisotopic (exact) mass is 365 g/mol. The first-order valence-corrected chi connectivity index (χ1v) is 8.88. The molecule has 1 aliphatic rings. The summed E-state index contributed by atoms with van der Waals surface area (Å²) in [7, 11) is 0. The molecule has 0 fully saturated rings. The molecule has 0 saturated heterocycles. The summed E-state index contributed by atoms with van der Waals surface area (Å²) < 4.78 is 40.5. The Morgan fingerprint density at radius 1 is 0.889 bits per heavy atom. The number of hydrogen-bond acceptors (Lipinski definition) is 1. The molecule has 0 amide bonds. The maximum absolute atomic E-state index is 13.5. The molecule has 0 spiro atoms. The van der Waals surface area contributed by atoms with Crippen molar-refractivity contribution in [3.63, 3.8) is 0 Å². The van der Waals surface area contributed by atoms with Gasteiger partial charge in [-0.3, -0.25) is 4.98 Å². The zero-order valence-corrected chi connectivity index (χ0v) is 14.6. The van der Waals surface area contributed by atoms with E-state index in [0.29, 0.717) is 5.56 Å². The molecule has 1 atom stereocenters. The molecule has 0 radical (unpaired) electrons. The molecule has 1 aliphatic carbocycles. The van der Waals surface area contributed by atoms with E-state index in [2.05, 4.69) is 17.1 Å². The van der Waals surface area contributed by atoms with Crippen LogP contribution in [0.3, 0.4) is 0 Å². The topological polar surface area (TPSA) is 12.9 Å². The summed E-state index contributed by atoms with van der Waals surface area (Å²) in [5, 5.41) is 0. The van der Waals surface area contributed by atoms with Gasteiger partial charge in [0.15, 0.2) is 0 Å². The van der Waals surface area contributed by atoms with Gasteiger partial charge in [0.25, 0.3) is 0 Å². The van der Waals surface area contributed by atoms with Crippen molar-refractivity contribution in [3.8, 4) is 0 Å². The quantitative estimate of drug-likeness (QED) is 0.547. The van der Waals surface area contributed by atoms with Crippen LogP contribution in [0, 0.1) is 0 Å². The van der Waals surface area contributed by atoms with Gasteiger partial charge in [0, 0.05) is 17.8 Å². The Morgan fingerprint density at radius 3 is 2.41 bits per heavy atom. The Kier molecular flexibility index (Phi) is 4.56. The van der Waals surface area contributed by atoms with Gasteiger partial charge in [-0.25, -0.2) is 0 Å². The number of halogens is 3. The first-order chi connectivity index (χ1) is 13.0. The molecule has 1 unspecified atom stereocenters. The van der Waals surface area contributed by atoms with Crippen molar-refractivity contribution in [2.45, 2.75) is 24.9 Å². The van der Waals surface area contributed by atoms with Gasteiger partial charge in [-0.2, -0.15) is 13.2 Å². The second-order valence-corrected chi connectivity index (χ2v) is 6.69. The minimum Gasteiger partial charge on any atom is -0.261 e. The molecule has 0 saturated carbocycles. The van der Waals surface area contributed by atoms with E-state index in [1.807, 2.05) is 36.4 Å². The number of benzene rings is 2. The van der Waals surface area contributed by atoms with Gasteiger partial charge < -0.3 is 0 Å². The Hall–Kier alpha value is -2.88. The van der Waals surface area contributed by atoms with Crippen LogP contribution in [-0.4, -0.2) is 4.98 Å². The van der Waals surface area contributed by atoms with Gasteiger partial charge in [-0.05, 0) is 53.3 Å². The molecule has 4 heteroatoms. The van der Waals surface area contributed by atoms with Gasteiger partial charge >= 0.3 is 6.18 Å². The third-order valence-electron chi connectivity index (χ3n) is 5.04. The van der Waals surface area contributed by atoms with Crippen molar-refractivity contribution in [3.05, 3.63) is 107 Å². The Bertz CT molecular complexity index is 974. The van der Waals surface area contributed by atoms with E-state index < -0.39 is 11.7 Å². The van der Waals surface area contributed by atoms with Crippen LogP contribution in [0.25, 0.3) is 5.57 Å². The zero-order valence-electron chi connectivity index (χ0n) is 14.6. The van der Waals surface area contributed by atoms with Crippen LogP contribution in [0.4, 0.5) is 13.2 Å². The molecule has 136 valence electrons. The molecule has 27 heavy (non-hydrogen) atoms. The molecule has 0 N–H and O–H groups in total. The first kappa shape index (κ1) is 17.5. The second-order valence-electron chi connectivity index (χ2n) is 6.69. The highest BCUT2D eigenvalue weighted by Gasteiger charge is 2.34. The molecule has 1 heterocycles. The van der Waals surface area contributed by atoms with E-state index >= 15 is 0 Å². The smallest absolute Gasteiger partial charge is 0.261 e. The van der Waals surface area contributed by atoms with E-state index in [1.54, 1.807) is 18.3 Å². The third kappa shape index (κ3) is 3.52. The largest absolute Gasteiger partial charge is 0.416 e. The van der Waals surface area contributed by atoms with Crippen molar-refractivity contribution < 1.29 is 13.2 Å². The number of nitrogens with zero attached hydrogens (tertiary/aromatic N) is 1. The Balaban J connectivity index is 1.78. The summed E-state index contributed by atoms with van der Waals surface area (Å²) in [6.45, 7) is 0. The fraction of sp³-hybridized carbons (Fsp3) is 0.174. The minimum absolute atomic E-state index is 0.224. The highest BCUT2D eigenvalue weighted by molar-refractivity contribution is 5.77. The summed E-state index contributed by atoms with van der Waals surface area (Å²) in [6.07, 6.45) is 0.509. The van der Waals surface area contributed by atoms with Crippen molar-refractivity contribution in [1.82, 2.24) is 4.98 Å². The van der Waals surface area contributed by atoms with Gasteiger partial charge in [-0.15, -0.1) is 0 Å². The summed E-state index contributed by atoms with van der Waals surface area (Å²) >= 11 is 0. The zero-order chi connectivity index (χ0) is 18.9. The maximum Gasteiger partial charge on any atom is 0.416 e. The summed E-state index contributed by atoms with van der Waals surface area (Å²) in [5.41, 5.74) is 3.89. The van der Waals surface area contributed by atoms with Crippen molar-refractivity contribution in [1.29, 1.82) is 0 Å². The molecule has 0 bridgehead atoms. The summed E-state index contributed by atoms with van der Waals surface area (Å²) in [4.78, 5) is 4.46. The van der Waals surface area contributed by atoms with E-state index in [9.17, 15) is 13.2 Å². The summed E-state index contributed by atoms with van der Waals surface area (Å²) in [6, 6.07) is 19.5. The lowest BCUT2D eigenvalue weighted by Gasteiger charge is -2.22. The molecule has 3 aromatic rings. The highest BCUT2D eigenvalue weighted by Crippen LogP contribution is 2.41. The first-order valence-electron chi connectivity index (χ1n) is 8.88. The minimum atomic E-state index is -4.37. The van der Waals surface area contributed by atoms with E-state index in [-0.39, 0.29) is 12.3 Å². The Morgan fingerprint density at radius 2 is 1.63 bits per heavy atom. The van der Waals surface area contributed by atoms with Crippen LogP contribution in [0.1, 0.15) is 33.9 Å². The van der Waals surface area contributed by atoms with E-state index in [4.69, 9.17) is 0 Å². The molecular weight excluding hydrogens is 347 g/mol. The lowest BCUT2D eigenvalue weighted by molar-refractivity contribution is -0.138. The van der Waals surface area contributed by atoms with Crippen LogP contribution in [0.2, 0.25) is 0 Å². The van der Waals surface area contributed by atoms with Crippen LogP contribution in [0.15, 0.2) is 79.0 Å². The number of aromatic nitrogens is 1. The molecular formula is C23H18F3N. The number of pyridine rings is 1. The van der Waals surface area contributed by atoms with Gasteiger partial charge in [0.05, 0.1) is 5.56 Å². The lowest BCUT2D eigenvalue weighted by atomic mass is 9.84. The van der Waals surface area contributed by atoms with Crippen molar-refractivity contribution >= 4 is 5.57 Å². The third-order valence-corrected chi connectivity index (χ3v) is 5.04. The van der Waals surface area contributed by atoms with Gasteiger partial charge in [0.2, 0.25) is 0 Å². The lowest BCUT2D eigenvalue weighted by Crippen LogP contribution is -2.13. The van der Waals surface area contributed by atoms with Crippen molar-refractivity contribution in [2.24, 2.45) is 0 Å². The summed E-state index contributed by atoms with van der Waals surface area (Å²) in [5.74, 6) is -0.224. The van der Waals surface area contributed by atoms with Crippen LogP contribution < -0.4 is 0 Å². The number of fused-ring (bicyclic) bond motifs is 1. The molecule has 1 nitrogen and oxygen atoms in total. The number of rotatable bonds is 4. The number of hydrogen-bond donors (Lipinski definition) is 0. The molecule has 2 aromatic carbocycles. The van der Waals surface area contributed by atoms with Crippen LogP contribution in [-0.2, 0) is 19.0 Å². The fourth-order valence-electron chi connectivity index (χ4n) is 3.79. The number of alkyl halides is 3. The van der Waals surface area contributed by atoms with Crippen LogP contribution in [0.5, 0.6) is 0 Å². The normalized spacial score (nSPS) is 14.6. The van der Waals surface area contributed by atoms with Crippen molar-refractivity contribution in [2.75, 3.05) is 0 Å². The maximum atomic E-state index is 13.5. The highest BCUT2D eigenvalue weighted by atomic mass is 19.4. The van der Waals surface area contributed by atoms with Gasteiger partial charge in [0.1, 0.15) is 0 Å². The standard InChI is InChI=1S/C23H18F3N/c24-23(25,26)21-10-4-2-8-17(21)15-20(22-11-5-6-14-27-22)19-13-12-16-7-1-3-9-18(16)19/h1-11,13-14,20H,12,15H2. The predicted octanol–water partition coefficient (Wildman–Crippen LogP) is 6.07. The predicted molar refractivity (Wildman–Crippen MR) is 100 cm³/mol. The van der Waals surface area contributed by atoms with Gasteiger partial charge in [-0.1, -0.05) is 54.6 Å². The fourth-order valence-corrected chi connectivity index (χ4v) is 3.79. The van der Waals surface area contributed by atoms with E-state index in [1.165, 1.54) is 11.6 Å². The van der Waals surface area contributed by atoms with E-state index in [0.717, 1.165) is 29.3 Å². The molecule has 0 aliphatic heterocycles. The second kappa shape index (κ2) is 7.03. The average Bonchev–Trinajstić information content (AvgIpc) is 3.10. The van der Waals surface area contributed by atoms with Crippen LogP contribution >= 0.6 is 0 Å². The average molecular weight is 365 g/mol. The molecule has 4 rings (SSSR count). The SMILES string of the molecule is FC(F)(F)c1ccccc1CC(C1=CCc2ccccc21)c1ccccn1. The number of allylic oxidation sites excluding steroid dienone is 2. The Labute approximate surface area is 156 Å².